The number of aromatic nitrogens is 2. The molecule has 0 spiro atoms. The number of nitrogens with two attached hydrogens (primary N) is 2. The van der Waals surface area contributed by atoms with Crippen LogP contribution in [0.25, 0.3) is 0 Å². The number of benzene rings is 1. The first-order valence-corrected chi connectivity index (χ1v) is 7.17. The molecule has 6 N–H and O–H groups in total. The Morgan fingerprint density at radius 3 is 2.67 bits per heavy atom. The number of rotatable bonds is 4. The second kappa shape index (κ2) is 5.83. The van der Waals surface area contributed by atoms with Crippen LogP contribution in [-0.2, 0) is 10.0 Å². The predicted octanol–water partition coefficient (Wildman–Crippen LogP) is -0.338. The standard InChI is InChI=1S/C11H12N6O3S/c12-17-10-6-14-5-9(16-10)11(18)15-7-2-1-3-8(4-7)21(13,19)20/h1-6H,12H2,(H,15,18)(H,16,17)(H2,13,19,20). The van der Waals surface area contributed by atoms with Crippen molar-refractivity contribution in [3.63, 3.8) is 0 Å². The molecule has 110 valence electrons. The van der Waals surface area contributed by atoms with Gasteiger partial charge in [-0.2, -0.15) is 0 Å². The quantitative estimate of drug-likeness (QED) is 0.445. The molecular formula is C11H12N6O3S. The van der Waals surface area contributed by atoms with Crippen molar-refractivity contribution >= 4 is 27.4 Å². The Balaban J connectivity index is 2.23. The second-order valence-corrected chi connectivity index (χ2v) is 5.52. The van der Waals surface area contributed by atoms with Gasteiger partial charge in [0.25, 0.3) is 5.91 Å². The lowest BCUT2D eigenvalue weighted by Gasteiger charge is -2.07. The molecule has 0 atom stereocenters. The molecule has 0 fully saturated rings. The van der Waals surface area contributed by atoms with E-state index < -0.39 is 15.9 Å². The maximum atomic E-state index is 12.0. The summed E-state index contributed by atoms with van der Waals surface area (Å²) in [5, 5.41) is 7.51. The molecule has 9 nitrogen and oxygen atoms in total. The van der Waals surface area contributed by atoms with E-state index in [0.29, 0.717) is 0 Å². The second-order valence-electron chi connectivity index (χ2n) is 3.96. The number of hydrazine groups is 1. The monoisotopic (exact) mass is 308 g/mol. The highest BCUT2D eigenvalue weighted by atomic mass is 32.2. The summed E-state index contributed by atoms with van der Waals surface area (Å²) in [4.78, 5) is 19.6. The predicted molar refractivity (Wildman–Crippen MR) is 75.6 cm³/mol. The zero-order chi connectivity index (χ0) is 15.5. The van der Waals surface area contributed by atoms with Crippen molar-refractivity contribution in [2.24, 2.45) is 11.0 Å². The van der Waals surface area contributed by atoms with Crippen LogP contribution in [0.15, 0.2) is 41.6 Å². The normalized spacial score (nSPS) is 11.0. The van der Waals surface area contributed by atoms with E-state index in [1.54, 1.807) is 0 Å². The van der Waals surface area contributed by atoms with Gasteiger partial charge in [0.15, 0.2) is 5.82 Å². The number of nitrogens with one attached hydrogen (secondary N) is 2. The van der Waals surface area contributed by atoms with Crippen LogP contribution in [0.1, 0.15) is 10.5 Å². The van der Waals surface area contributed by atoms with Crippen LogP contribution in [0.2, 0.25) is 0 Å². The summed E-state index contributed by atoms with van der Waals surface area (Å²) >= 11 is 0. The fourth-order valence-electron chi connectivity index (χ4n) is 1.49. The first kappa shape index (κ1) is 14.8. The number of hydrogen-bond donors (Lipinski definition) is 4. The molecule has 1 aromatic carbocycles. The lowest BCUT2D eigenvalue weighted by molar-refractivity contribution is 0.102. The van der Waals surface area contributed by atoms with Crippen LogP contribution in [-0.4, -0.2) is 24.3 Å². The number of carbonyl (C=O) groups excluding carboxylic acids is 1. The van der Waals surface area contributed by atoms with Gasteiger partial charge in [-0.1, -0.05) is 6.07 Å². The van der Waals surface area contributed by atoms with Gasteiger partial charge in [-0.15, -0.1) is 0 Å². The molecule has 21 heavy (non-hydrogen) atoms. The van der Waals surface area contributed by atoms with E-state index in [4.69, 9.17) is 11.0 Å². The number of carbonyl (C=O) groups is 1. The van der Waals surface area contributed by atoms with Crippen LogP contribution in [0.4, 0.5) is 11.5 Å². The van der Waals surface area contributed by atoms with E-state index in [1.807, 2.05) is 0 Å². The average Bonchev–Trinajstić information content (AvgIpc) is 2.46. The fraction of sp³-hybridized carbons (Fsp3) is 0. The highest BCUT2D eigenvalue weighted by Crippen LogP contribution is 2.15. The molecular weight excluding hydrogens is 296 g/mol. The topological polar surface area (TPSA) is 153 Å². The Morgan fingerprint density at radius 1 is 1.24 bits per heavy atom. The number of primary sulfonamides is 1. The van der Waals surface area contributed by atoms with Crippen molar-refractivity contribution < 1.29 is 13.2 Å². The Hall–Kier alpha value is -2.56. The number of anilines is 2. The fourth-order valence-corrected chi connectivity index (χ4v) is 2.05. The summed E-state index contributed by atoms with van der Waals surface area (Å²) in [5.41, 5.74) is 2.55. The van der Waals surface area contributed by atoms with E-state index in [1.165, 1.54) is 36.7 Å². The molecule has 0 radical (unpaired) electrons. The molecule has 1 amide bonds. The van der Waals surface area contributed by atoms with Gasteiger partial charge in [0, 0.05) is 5.69 Å². The van der Waals surface area contributed by atoms with E-state index in [2.05, 4.69) is 20.7 Å². The zero-order valence-corrected chi connectivity index (χ0v) is 11.5. The lowest BCUT2D eigenvalue weighted by atomic mass is 10.3. The first-order chi connectivity index (χ1) is 9.90. The third kappa shape index (κ3) is 3.72. The largest absolute Gasteiger partial charge is 0.321 e. The smallest absolute Gasteiger partial charge is 0.275 e. The van der Waals surface area contributed by atoms with Crippen molar-refractivity contribution in [2.75, 3.05) is 10.7 Å². The maximum absolute atomic E-state index is 12.0. The van der Waals surface area contributed by atoms with Crippen LogP contribution in [0, 0.1) is 0 Å². The van der Waals surface area contributed by atoms with Crippen molar-refractivity contribution in [3.8, 4) is 0 Å². The molecule has 0 bridgehead atoms. The molecule has 10 heteroatoms. The Kier molecular flexibility index (Phi) is 4.12. The van der Waals surface area contributed by atoms with Gasteiger partial charge in [-0.25, -0.2) is 24.4 Å². The number of sulfonamides is 1. The summed E-state index contributed by atoms with van der Waals surface area (Å²) < 4.78 is 22.5. The summed E-state index contributed by atoms with van der Waals surface area (Å²) in [7, 11) is -3.84. The molecule has 1 heterocycles. The SMILES string of the molecule is NNc1cncc(C(=O)Nc2cccc(S(N)(=O)=O)c2)n1. The third-order valence-corrected chi connectivity index (χ3v) is 3.35. The molecule has 2 aromatic rings. The summed E-state index contributed by atoms with van der Waals surface area (Å²) in [6.45, 7) is 0. The average molecular weight is 308 g/mol. The van der Waals surface area contributed by atoms with Crippen LogP contribution in [0.5, 0.6) is 0 Å². The van der Waals surface area contributed by atoms with E-state index >= 15 is 0 Å². The highest BCUT2D eigenvalue weighted by Gasteiger charge is 2.12. The molecule has 0 aliphatic carbocycles. The zero-order valence-electron chi connectivity index (χ0n) is 10.6. The molecule has 2 rings (SSSR count). The van der Waals surface area contributed by atoms with Crippen LogP contribution >= 0.6 is 0 Å². The number of amides is 1. The van der Waals surface area contributed by atoms with Crippen LogP contribution < -0.4 is 21.7 Å². The van der Waals surface area contributed by atoms with E-state index in [0.717, 1.165) is 0 Å². The van der Waals surface area contributed by atoms with Gasteiger partial charge in [0.1, 0.15) is 5.69 Å². The molecule has 0 saturated carbocycles. The summed E-state index contributed by atoms with van der Waals surface area (Å²) in [6.07, 6.45) is 2.60. The first-order valence-electron chi connectivity index (χ1n) is 5.63. The summed E-state index contributed by atoms with van der Waals surface area (Å²) in [6, 6.07) is 5.54. The maximum Gasteiger partial charge on any atom is 0.275 e. The molecule has 0 saturated heterocycles. The molecule has 0 aliphatic rings. The molecule has 0 unspecified atom stereocenters. The van der Waals surface area contributed by atoms with Gasteiger partial charge in [0.05, 0.1) is 17.3 Å². The minimum Gasteiger partial charge on any atom is -0.321 e. The minimum atomic E-state index is -3.84. The van der Waals surface area contributed by atoms with Crippen molar-refractivity contribution in [1.82, 2.24) is 9.97 Å². The van der Waals surface area contributed by atoms with Gasteiger partial charge in [-0.05, 0) is 18.2 Å². The van der Waals surface area contributed by atoms with Crippen molar-refractivity contribution in [3.05, 3.63) is 42.4 Å². The van der Waals surface area contributed by atoms with Gasteiger partial charge < -0.3 is 10.7 Å². The lowest BCUT2D eigenvalue weighted by Crippen LogP contribution is -2.17. The third-order valence-electron chi connectivity index (χ3n) is 2.44. The van der Waals surface area contributed by atoms with E-state index in [9.17, 15) is 13.2 Å². The number of hydrogen-bond acceptors (Lipinski definition) is 7. The minimum absolute atomic E-state index is 0.0199. The molecule has 0 aliphatic heterocycles. The van der Waals surface area contributed by atoms with Gasteiger partial charge >= 0.3 is 0 Å². The summed E-state index contributed by atoms with van der Waals surface area (Å²) in [5.74, 6) is 4.83. The number of nitrogens with zero attached hydrogens (tertiary/aromatic N) is 2. The highest BCUT2D eigenvalue weighted by molar-refractivity contribution is 7.89. The van der Waals surface area contributed by atoms with Gasteiger partial charge in [0.2, 0.25) is 10.0 Å². The van der Waals surface area contributed by atoms with Crippen molar-refractivity contribution in [1.29, 1.82) is 0 Å². The van der Waals surface area contributed by atoms with Gasteiger partial charge in [-0.3, -0.25) is 9.78 Å². The Labute approximate surface area is 120 Å². The Morgan fingerprint density at radius 2 is 2.00 bits per heavy atom. The van der Waals surface area contributed by atoms with E-state index in [-0.39, 0.29) is 22.1 Å². The van der Waals surface area contributed by atoms with Crippen molar-refractivity contribution in [2.45, 2.75) is 4.90 Å². The van der Waals surface area contributed by atoms with Crippen LogP contribution in [0.3, 0.4) is 0 Å². The number of nitrogen functional groups attached to an aromatic ring is 1. The molecule has 1 aromatic heterocycles. The Bertz CT molecular complexity index is 777.